The van der Waals surface area contributed by atoms with Crippen molar-refractivity contribution in [1.82, 2.24) is 0 Å². The Morgan fingerprint density at radius 3 is 2.21 bits per heavy atom. The molecule has 0 spiro atoms. The van der Waals surface area contributed by atoms with Crippen molar-refractivity contribution >= 4 is 6.21 Å². The number of rotatable bonds is 9. The van der Waals surface area contributed by atoms with Crippen molar-refractivity contribution in [2.24, 2.45) is 4.99 Å². The normalized spacial score (nSPS) is 13.1. The molecule has 0 aromatic carbocycles. The summed E-state index contributed by atoms with van der Waals surface area (Å²) < 4.78 is 0. The van der Waals surface area contributed by atoms with E-state index in [1.807, 2.05) is 6.08 Å². The van der Waals surface area contributed by atoms with Crippen LogP contribution in [0.5, 0.6) is 0 Å². The molecule has 0 saturated heterocycles. The molecule has 108 valence electrons. The molecule has 0 aromatic heterocycles. The Labute approximate surface area is 118 Å². The first-order valence-corrected chi connectivity index (χ1v) is 7.11. The summed E-state index contributed by atoms with van der Waals surface area (Å²) in [5.74, 6) is 0. The van der Waals surface area contributed by atoms with Gasteiger partial charge in [-0.2, -0.15) is 0 Å². The highest BCUT2D eigenvalue weighted by Gasteiger charge is 1.91. The van der Waals surface area contributed by atoms with Gasteiger partial charge < -0.3 is 5.11 Å². The van der Waals surface area contributed by atoms with Crippen LogP contribution < -0.4 is 0 Å². The molecule has 2 nitrogen and oxygen atoms in total. The van der Waals surface area contributed by atoms with Gasteiger partial charge in [-0.05, 0) is 59.5 Å². The van der Waals surface area contributed by atoms with Crippen LogP contribution in [-0.4, -0.2) is 24.5 Å². The molecule has 0 atom stereocenters. The fraction of sp³-hybridized carbons (Fsp3) is 0.588. The van der Waals surface area contributed by atoms with Crippen molar-refractivity contribution in [2.45, 2.75) is 53.4 Å². The van der Waals surface area contributed by atoms with E-state index in [9.17, 15) is 0 Å². The van der Waals surface area contributed by atoms with E-state index in [4.69, 9.17) is 5.11 Å². The van der Waals surface area contributed by atoms with Crippen molar-refractivity contribution in [3.63, 3.8) is 0 Å². The molecule has 0 saturated carbocycles. The summed E-state index contributed by atoms with van der Waals surface area (Å²) in [4.78, 5) is 4.06. The maximum atomic E-state index is 8.59. The maximum absolute atomic E-state index is 8.59. The van der Waals surface area contributed by atoms with Crippen molar-refractivity contribution in [3.05, 3.63) is 34.9 Å². The molecule has 0 bridgehead atoms. The summed E-state index contributed by atoms with van der Waals surface area (Å²) in [5.41, 5.74) is 4.20. The molecule has 0 aliphatic carbocycles. The van der Waals surface area contributed by atoms with Gasteiger partial charge in [0.15, 0.2) is 0 Å². The Balaban J connectivity index is 3.89. The summed E-state index contributed by atoms with van der Waals surface area (Å²) in [6.07, 6.45) is 12.9. The van der Waals surface area contributed by atoms with E-state index in [1.165, 1.54) is 16.7 Å². The van der Waals surface area contributed by atoms with Gasteiger partial charge in [0.05, 0.1) is 13.2 Å². The van der Waals surface area contributed by atoms with Crippen LogP contribution in [0.1, 0.15) is 53.4 Å². The highest BCUT2D eigenvalue weighted by atomic mass is 16.3. The Bertz CT molecular complexity index is 344. The van der Waals surface area contributed by atoms with E-state index in [0.29, 0.717) is 6.54 Å². The van der Waals surface area contributed by atoms with Crippen LogP contribution in [-0.2, 0) is 0 Å². The lowest BCUT2D eigenvalue weighted by molar-refractivity contribution is 0.307. The second-order valence-electron chi connectivity index (χ2n) is 5.20. The highest BCUT2D eigenvalue weighted by Crippen LogP contribution is 2.10. The van der Waals surface area contributed by atoms with E-state index in [2.05, 4.69) is 44.8 Å². The molecule has 0 heterocycles. The Kier molecular flexibility index (Phi) is 11.2. The van der Waals surface area contributed by atoms with E-state index in [1.54, 1.807) is 6.21 Å². The molecule has 19 heavy (non-hydrogen) atoms. The van der Waals surface area contributed by atoms with Crippen molar-refractivity contribution in [2.75, 3.05) is 13.2 Å². The summed E-state index contributed by atoms with van der Waals surface area (Å²) in [7, 11) is 0. The molecule has 1 N–H and O–H groups in total. The number of hydrogen-bond donors (Lipinski definition) is 1. The topological polar surface area (TPSA) is 32.6 Å². The quantitative estimate of drug-likeness (QED) is 0.483. The lowest BCUT2D eigenvalue weighted by Gasteiger charge is -2.00. The number of hydrogen-bond acceptors (Lipinski definition) is 2. The Morgan fingerprint density at radius 1 is 0.947 bits per heavy atom. The van der Waals surface area contributed by atoms with E-state index in [-0.39, 0.29) is 6.61 Å². The Hall–Kier alpha value is -1.15. The van der Waals surface area contributed by atoms with Crippen LogP contribution in [0.4, 0.5) is 0 Å². The summed E-state index contributed by atoms with van der Waals surface area (Å²) in [5, 5.41) is 8.59. The number of aliphatic imine (C=N–C) groups is 1. The third-order valence-corrected chi connectivity index (χ3v) is 2.82. The lowest BCUT2D eigenvalue weighted by Crippen LogP contribution is -1.87. The van der Waals surface area contributed by atoms with Crippen LogP contribution in [0.2, 0.25) is 0 Å². The smallest absolute Gasteiger partial charge is 0.0626 e. The molecule has 0 aromatic rings. The van der Waals surface area contributed by atoms with Gasteiger partial charge >= 0.3 is 0 Å². The van der Waals surface area contributed by atoms with Crippen LogP contribution in [0.3, 0.4) is 0 Å². The molecule has 0 unspecified atom stereocenters. The molecule has 0 fully saturated rings. The monoisotopic (exact) mass is 263 g/mol. The minimum absolute atomic E-state index is 0.122. The molecule has 0 aliphatic rings. The zero-order valence-corrected chi connectivity index (χ0v) is 12.9. The predicted octanol–water partition coefficient (Wildman–Crippen LogP) is 4.47. The average molecular weight is 263 g/mol. The van der Waals surface area contributed by atoms with E-state index >= 15 is 0 Å². The van der Waals surface area contributed by atoms with Crippen LogP contribution >= 0.6 is 0 Å². The van der Waals surface area contributed by atoms with Gasteiger partial charge in [0.25, 0.3) is 0 Å². The van der Waals surface area contributed by atoms with Crippen LogP contribution in [0.25, 0.3) is 0 Å². The van der Waals surface area contributed by atoms with Gasteiger partial charge in [-0.25, -0.2) is 0 Å². The zero-order chi connectivity index (χ0) is 14.5. The van der Waals surface area contributed by atoms with Gasteiger partial charge in [-0.3, -0.25) is 4.99 Å². The predicted molar refractivity (Wildman–Crippen MR) is 85.9 cm³/mol. The second-order valence-corrected chi connectivity index (χ2v) is 5.20. The molecule has 0 amide bonds. The first kappa shape index (κ1) is 17.8. The van der Waals surface area contributed by atoms with Gasteiger partial charge in [0, 0.05) is 6.21 Å². The molecule has 0 radical (unpaired) electrons. The van der Waals surface area contributed by atoms with Gasteiger partial charge in [0.2, 0.25) is 0 Å². The SMILES string of the molecule is CC(C)=CCC/C(C)=C/CC/C(C)=C/C=N/CCO. The molecule has 0 aliphatic heterocycles. The summed E-state index contributed by atoms with van der Waals surface area (Å²) in [6, 6.07) is 0. The third kappa shape index (κ3) is 13.1. The summed E-state index contributed by atoms with van der Waals surface area (Å²) in [6.45, 7) is 9.24. The molecule has 0 rings (SSSR count). The number of allylic oxidation sites excluding steroid dienone is 6. The fourth-order valence-electron chi connectivity index (χ4n) is 1.63. The van der Waals surface area contributed by atoms with Gasteiger partial charge in [-0.15, -0.1) is 0 Å². The van der Waals surface area contributed by atoms with Crippen molar-refractivity contribution < 1.29 is 5.11 Å². The summed E-state index contributed by atoms with van der Waals surface area (Å²) >= 11 is 0. The van der Waals surface area contributed by atoms with Crippen LogP contribution in [0, 0.1) is 0 Å². The second kappa shape index (κ2) is 11.9. The maximum Gasteiger partial charge on any atom is 0.0626 e. The van der Waals surface area contributed by atoms with Gasteiger partial charge in [-0.1, -0.05) is 28.9 Å². The largest absolute Gasteiger partial charge is 0.394 e. The highest BCUT2D eigenvalue weighted by molar-refractivity contribution is 5.71. The molecule has 2 heteroatoms. The average Bonchev–Trinajstić information content (AvgIpc) is 2.34. The molecular formula is C17H29NO. The van der Waals surface area contributed by atoms with E-state index in [0.717, 1.165) is 25.7 Å². The first-order valence-electron chi connectivity index (χ1n) is 7.11. The Morgan fingerprint density at radius 2 is 1.58 bits per heavy atom. The number of aliphatic hydroxyl groups is 1. The minimum atomic E-state index is 0.122. The standard InChI is InChI=1S/C17H29NO/c1-15(2)7-5-8-16(3)9-6-10-17(4)11-12-18-13-14-19/h7,9,11-12,19H,5-6,8,10,13-14H2,1-4H3/b16-9+,17-11+,18-12+. The number of aliphatic hydroxyl groups excluding tert-OH is 1. The number of nitrogens with zero attached hydrogens (tertiary/aromatic N) is 1. The van der Waals surface area contributed by atoms with Gasteiger partial charge in [0.1, 0.15) is 0 Å². The van der Waals surface area contributed by atoms with Crippen molar-refractivity contribution in [1.29, 1.82) is 0 Å². The lowest BCUT2D eigenvalue weighted by atomic mass is 10.1. The van der Waals surface area contributed by atoms with Crippen molar-refractivity contribution in [3.8, 4) is 0 Å². The minimum Gasteiger partial charge on any atom is -0.394 e. The third-order valence-electron chi connectivity index (χ3n) is 2.82. The zero-order valence-electron chi connectivity index (χ0n) is 12.9. The van der Waals surface area contributed by atoms with E-state index < -0.39 is 0 Å². The van der Waals surface area contributed by atoms with Crippen LogP contribution in [0.15, 0.2) is 39.9 Å². The first-order chi connectivity index (χ1) is 9.06. The molecular weight excluding hydrogens is 234 g/mol. The fourth-order valence-corrected chi connectivity index (χ4v) is 1.63.